The maximum atomic E-state index is 11.9. The van der Waals surface area contributed by atoms with E-state index in [4.69, 9.17) is 4.74 Å². The summed E-state index contributed by atoms with van der Waals surface area (Å²) in [6, 6.07) is 10.5. The number of pyridine rings is 1. The van der Waals surface area contributed by atoms with Gasteiger partial charge in [0.1, 0.15) is 5.69 Å². The van der Waals surface area contributed by atoms with E-state index in [1.165, 1.54) is 12.3 Å². The summed E-state index contributed by atoms with van der Waals surface area (Å²) >= 11 is 0. The zero-order chi connectivity index (χ0) is 18.2. The number of aromatic nitrogens is 1. The van der Waals surface area contributed by atoms with Gasteiger partial charge in [-0.15, -0.1) is 0 Å². The summed E-state index contributed by atoms with van der Waals surface area (Å²) < 4.78 is 4.83. The van der Waals surface area contributed by atoms with E-state index in [2.05, 4.69) is 15.6 Å². The highest BCUT2D eigenvalue weighted by Gasteiger charge is 2.12. The second-order valence-electron chi connectivity index (χ2n) is 5.38. The molecule has 1 aromatic carbocycles. The van der Waals surface area contributed by atoms with Crippen molar-refractivity contribution in [3.05, 3.63) is 59.4 Å². The van der Waals surface area contributed by atoms with E-state index >= 15 is 0 Å². The lowest BCUT2D eigenvalue weighted by atomic mass is 10.1. The molecule has 2 amide bonds. The van der Waals surface area contributed by atoms with E-state index in [-0.39, 0.29) is 18.1 Å². The number of nitrogens with zero attached hydrogens (tertiary/aromatic N) is 1. The standard InChI is InChI=1S/C18H19N3O4/c1-12-6-5-7-13(2)17(12)21-15(22)10-20-16(23)11-25-18(24)14-8-3-4-9-19-14/h3-9H,10-11H2,1-2H3,(H,20,23)(H,21,22). The van der Waals surface area contributed by atoms with Crippen LogP contribution in [0.5, 0.6) is 0 Å². The molecule has 0 saturated heterocycles. The molecule has 1 aromatic heterocycles. The summed E-state index contributed by atoms with van der Waals surface area (Å²) in [6.07, 6.45) is 1.45. The van der Waals surface area contributed by atoms with Crippen LogP contribution in [0.25, 0.3) is 0 Å². The predicted octanol–water partition coefficient (Wildman–Crippen LogP) is 1.61. The van der Waals surface area contributed by atoms with Gasteiger partial charge in [0.25, 0.3) is 5.91 Å². The molecule has 2 aromatic rings. The average Bonchev–Trinajstić information content (AvgIpc) is 2.62. The molecule has 0 unspecified atom stereocenters. The van der Waals surface area contributed by atoms with Gasteiger partial charge in [-0.3, -0.25) is 9.59 Å². The number of anilines is 1. The van der Waals surface area contributed by atoms with Crippen molar-refractivity contribution in [2.24, 2.45) is 0 Å². The van der Waals surface area contributed by atoms with E-state index in [9.17, 15) is 14.4 Å². The van der Waals surface area contributed by atoms with Gasteiger partial charge in [-0.25, -0.2) is 9.78 Å². The molecule has 7 nitrogen and oxygen atoms in total. The van der Waals surface area contributed by atoms with Crippen molar-refractivity contribution >= 4 is 23.5 Å². The Labute approximate surface area is 145 Å². The molecular formula is C18H19N3O4. The molecule has 7 heteroatoms. The number of benzene rings is 1. The third kappa shape index (κ3) is 5.42. The lowest BCUT2D eigenvalue weighted by Crippen LogP contribution is -2.35. The van der Waals surface area contributed by atoms with Gasteiger partial charge in [0.2, 0.25) is 5.91 Å². The van der Waals surface area contributed by atoms with Gasteiger partial charge < -0.3 is 15.4 Å². The predicted molar refractivity (Wildman–Crippen MR) is 92.1 cm³/mol. The molecule has 0 spiro atoms. The summed E-state index contributed by atoms with van der Waals surface area (Å²) in [7, 11) is 0. The van der Waals surface area contributed by atoms with Crippen molar-refractivity contribution in [2.75, 3.05) is 18.5 Å². The third-order valence-electron chi connectivity index (χ3n) is 3.40. The molecule has 0 atom stereocenters. The molecule has 2 N–H and O–H groups in total. The number of carbonyl (C=O) groups excluding carboxylic acids is 3. The highest BCUT2D eigenvalue weighted by molar-refractivity contribution is 5.96. The van der Waals surface area contributed by atoms with Crippen LogP contribution in [-0.2, 0) is 14.3 Å². The minimum absolute atomic E-state index is 0.114. The normalized spacial score (nSPS) is 10.0. The Bertz CT molecular complexity index is 755. The zero-order valence-corrected chi connectivity index (χ0v) is 14.0. The number of hydrogen-bond donors (Lipinski definition) is 2. The summed E-state index contributed by atoms with van der Waals surface area (Å²) in [5, 5.41) is 5.15. The van der Waals surface area contributed by atoms with Gasteiger partial charge in [0.05, 0.1) is 6.54 Å². The highest BCUT2D eigenvalue weighted by atomic mass is 16.5. The number of carbonyl (C=O) groups is 3. The van der Waals surface area contributed by atoms with E-state index in [1.807, 2.05) is 32.0 Å². The molecule has 0 aliphatic carbocycles. The second kappa shape index (κ2) is 8.58. The largest absolute Gasteiger partial charge is 0.451 e. The van der Waals surface area contributed by atoms with Crippen LogP contribution in [0.3, 0.4) is 0 Å². The lowest BCUT2D eigenvalue weighted by molar-refractivity contribution is -0.126. The van der Waals surface area contributed by atoms with Gasteiger partial charge in [-0.1, -0.05) is 24.3 Å². The SMILES string of the molecule is Cc1cccc(C)c1NC(=O)CNC(=O)COC(=O)c1ccccn1. The average molecular weight is 341 g/mol. The molecule has 1 heterocycles. The van der Waals surface area contributed by atoms with Gasteiger partial charge in [0, 0.05) is 11.9 Å². The van der Waals surface area contributed by atoms with Crippen LogP contribution >= 0.6 is 0 Å². The topological polar surface area (TPSA) is 97.4 Å². The monoisotopic (exact) mass is 341 g/mol. The molecule has 0 radical (unpaired) electrons. The first-order valence-electron chi connectivity index (χ1n) is 7.68. The minimum atomic E-state index is -0.698. The van der Waals surface area contributed by atoms with Crippen LogP contribution in [0.2, 0.25) is 0 Å². The van der Waals surface area contributed by atoms with Crippen LogP contribution in [0.1, 0.15) is 21.6 Å². The summed E-state index contributed by atoms with van der Waals surface area (Å²) in [5.41, 5.74) is 2.71. The molecule has 0 bridgehead atoms. The first-order valence-corrected chi connectivity index (χ1v) is 7.68. The number of amides is 2. The summed E-state index contributed by atoms with van der Waals surface area (Å²) in [6.45, 7) is 3.08. The fourth-order valence-electron chi connectivity index (χ4n) is 2.11. The molecule has 2 rings (SSSR count). The molecule has 0 saturated carbocycles. The Morgan fingerprint density at radius 3 is 2.36 bits per heavy atom. The van der Waals surface area contributed by atoms with Gasteiger partial charge >= 0.3 is 5.97 Å². The molecule has 130 valence electrons. The van der Waals surface area contributed by atoms with Crippen LogP contribution in [0.4, 0.5) is 5.69 Å². The van der Waals surface area contributed by atoms with Gasteiger partial charge in [0.15, 0.2) is 6.61 Å². The zero-order valence-electron chi connectivity index (χ0n) is 14.0. The first kappa shape index (κ1) is 18.1. The molecular weight excluding hydrogens is 322 g/mol. The summed E-state index contributed by atoms with van der Waals surface area (Å²) in [5.74, 6) is -1.63. The fourth-order valence-corrected chi connectivity index (χ4v) is 2.11. The maximum absolute atomic E-state index is 11.9. The number of hydrogen-bond acceptors (Lipinski definition) is 5. The Morgan fingerprint density at radius 1 is 1.00 bits per heavy atom. The van der Waals surface area contributed by atoms with E-state index in [0.717, 1.165) is 16.8 Å². The third-order valence-corrected chi connectivity index (χ3v) is 3.40. The molecule has 0 aliphatic rings. The minimum Gasteiger partial charge on any atom is -0.451 e. The van der Waals surface area contributed by atoms with E-state index in [0.29, 0.717) is 0 Å². The second-order valence-corrected chi connectivity index (χ2v) is 5.38. The van der Waals surface area contributed by atoms with Crippen LogP contribution in [0.15, 0.2) is 42.6 Å². The Morgan fingerprint density at radius 2 is 1.72 bits per heavy atom. The number of nitrogens with one attached hydrogen (secondary N) is 2. The van der Waals surface area contributed by atoms with Crippen LogP contribution in [0, 0.1) is 13.8 Å². The van der Waals surface area contributed by atoms with Gasteiger partial charge in [-0.05, 0) is 37.1 Å². The van der Waals surface area contributed by atoms with Crippen LogP contribution in [-0.4, -0.2) is 35.9 Å². The van der Waals surface area contributed by atoms with Crippen molar-refractivity contribution < 1.29 is 19.1 Å². The van der Waals surface area contributed by atoms with E-state index in [1.54, 1.807) is 12.1 Å². The van der Waals surface area contributed by atoms with Crippen molar-refractivity contribution in [3.8, 4) is 0 Å². The van der Waals surface area contributed by atoms with Crippen molar-refractivity contribution in [3.63, 3.8) is 0 Å². The van der Waals surface area contributed by atoms with Crippen molar-refractivity contribution in [1.29, 1.82) is 0 Å². The number of ether oxygens (including phenoxy) is 1. The summed E-state index contributed by atoms with van der Waals surface area (Å²) in [4.78, 5) is 39.1. The van der Waals surface area contributed by atoms with Crippen molar-refractivity contribution in [1.82, 2.24) is 10.3 Å². The number of rotatable bonds is 6. The first-order chi connectivity index (χ1) is 12.0. The quantitative estimate of drug-likeness (QED) is 0.778. The molecule has 0 fully saturated rings. The highest BCUT2D eigenvalue weighted by Crippen LogP contribution is 2.18. The molecule has 0 aliphatic heterocycles. The lowest BCUT2D eigenvalue weighted by Gasteiger charge is -2.12. The smallest absolute Gasteiger partial charge is 0.357 e. The fraction of sp³-hybridized carbons (Fsp3) is 0.222. The number of aryl methyl sites for hydroxylation is 2. The number of esters is 1. The molecule has 25 heavy (non-hydrogen) atoms. The van der Waals surface area contributed by atoms with Crippen molar-refractivity contribution in [2.45, 2.75) is 13.8 Å². The van der Waals surface area contributed by atoms with Gasteiger partial charge in [-0.2, -0.15) is 0 Å². The maximum Gasteiger partial charge on any atom is 0.357 e. The Balaban J connectivity index is 1.76. The Kier molecular flexibility index (Phi) is 6.22. The Hall–Kier alpha value is -3.22. The van der Waals surface area contributed by atoms with Crippen LogP contribution < -0.4 is 10.6 Å². The van der Waals surface area contributed by atoms with E-state index < -0.39 is 18.5 Å². The number of para-hydroxylation sites is 1.